The van der Waals surface area contributed by atoms with E-state index in [1.54, 1.807) is 19.4 Å². The van der Waals surface area contributed by atoms with E-state index in [4.69, 9.17) is 16.3 Å². The fourth-order valence-corrected chi connectivity index (χ4v) is 2.63. The Labute approximate surface area is 163 Å². The molecule has 0 radical (unpaired) electrons. The second-order valence-corrected chi connectivity index (χ2v) is 6.35. The molecule has 0 aliphatic carbocycles. The minimum Gasteiger partial charge on any atom is -0.497 e. The van der Waals surface area contributed by atoms with Crippen molar-refractivity contribution >= 4 is 28.9 Å². The summed E-state index contributed by atoms with van der Waals surface area (Å²) in [5.74, 6) is 0.601. The maximum Gasteiger partial charge on any atom is 0.269 e. The van der Waals surface area contributed by atoms with E-state index in [0.29, 0.717) is 17.3 Å². The molecule has 0 spiro atoms. The van der Waals surface area contributed by atoms with Gasteiger partial charge >= 0.3 is 0 Å². The summed E-state index contributed by atoms with van der Waals surface area (Å²) >= 11 is 5.86. The van der Waals surface area contributed by atoms with Crippen LogP contribution in [0.25, 0.3) is 0 Å². The van der Waals surface area contributed by atoms with E-state index in [1.165, 1.54) is 0 Å². The number of carbonyl (C=O) groups excluding carboxylic acids is 1. The molecule has 0 atom stereocenters. The monoisotopic (exact) mass is 381 g/mol. The number of benzene rings is 2. The highest BCUT2D eigenvalue weighted by atomic mass is 35.5. The van der Waals surface area contributed by atoms with Crippen molar-refractivity contribution in [3.05, 3.63) is 83.1 Å². The number of hydrogen-bond acceptors (Lipinski definition) is 4. The van der Waals surface area contributed by atoms with E-state index in [2.05, 4.69) is 15.6 Å². The van der Waals surface area contributed by atoms with Gasteiger partial charge in [-0.15, -0.1) is 0 Å². The van der Waals surface area contributed by atoms with Gasteiger partial charge in [-0.2, -0.15) is 0 Å². The number of ether oxygens (including phenoxy) is 1. The Hall–Kier alpha value is -3.05. The van der Waals surface area contributed by atoms with Crippen LogP contribution in [0, 0.1) is 0 Å². The fraction of sp³-hybridized carbons (Fsp3) is 0.143. The molecular formula is C21H20ClN3O2. The lowest BCUT2D eigenvalue weighted by Crippen LogP contribution is -2.26. The maximum absolute atomic E-state index is 12.2. The van der Waals surface area contributed by atoms with Crippen LogP contribution in [-0.4, -0.2) is 24.5 Å². The lowest BCUT2D eigenvalue weighted by atomic mass is 10.1. The number of aromatic nitrogens is 1. The molecule has 0 aliphatic rings. The van der Waals surface area contributed by atoms with E-state index in [9.17, 15) is 4.79 Å². The van der Waals surface area contributed by atoms with Crippen molar-refractivity contribution in [3.63, 3.8) is 0 Å². The Balaban J connectivity index is 1.51. The standard InChI is InChI=1S/C21H20ClN3O2/c1-27-19-9-6-17(7-10-19)25-18-8-11-20(24-14-18)21(26)23-13-12-15-2-4-16(22)5-3-15/h2-11,14,25H,12-13H2,1H3,(H,23,26). The summed E-state index contributed by atoms with van der Waals surface area (Å²) in [6, 6.07) is 18.7. The predicted molar refractivity (Wildman–Crippen MR) is 108 cm³/mol. The number of nitrogens with one attached hydrogen (secondary N) is 2. The number of pyridine rings is 1. The average Bonchev–Trinajstić information content (AvgIpc) is 2.70. The average molecular weight is 382 g/mol. The molecule has 1 amide bonds. The van der Waals surface area contributed by atoms with Gasteiger partial charge in [0.15, 0.2) is 0 Å². The van der Waals surface area contributed by atoms with Crippen LogP contribution in [0.15, 0.2) is 66.9 Å². The lowest BCUT2D eigenvalue weighted by Gasteiger charge is -2.08. The van der Waals surface area contributed by atoms with Crippen molar-refractivity contribution in [1.82, 2.24) is 10.3 Å². The first-order valence-corrected chi connectivity index (χ1v) is 8.91. The van der Waals surface area contributed by atoms with E-state index in [0.717, 1.165) is 29.1 Å². The van der Waals surface area contributed by atoms with E-state index in [-0.39, 0.29) is 5.91 Å². The van der Waals surface area contributed by atoms with Gasteiger partial charge in [0.25, 0.3) is 5.91 Å². The van der Waals surface area contributed by atoms with Crippen molar-refractivity contribution in [1.29, 1.82) is 0 Å². The summed E-state index contributed by atoms with van der Waals surface area (Å²) in [5.41, 5.74) is 3.22. The molecule has 2 N–H and O–H groups in total. The van der Waals surface area contributed by atoms with Gasteiger partial charge in [-0.05, 0) is 60.5 Å². The Bertz CT molecular complexity index is 879. The van der Waals surface area contributed by atoms with Gasteiger partial charge in [-0.3, -0.25) is 4.79 Å². The molecular weight excluding hydrogens is 362 g/mol. The fourth-order valence-electron chi connectivity index (χ4n) is 2.51. The van der Waals surface area contributed by atoms with Gasteiger partial charge in [0.1, 0.15) is 11.4 Å². The number of nitrogens with zero attached hydrogens (tertiary/aromatic N) is 1. The minimum absolute atomic E-state index is 0.194. The molecule has 5 nitrogen and oxygen atoms in total. The van der Waals surface area contributed by atoms with Gasteiger partial charge in [-0.25, -0.2) is 4.98 Å². The van der Waals surface area contributed by atoms with Crippen molar-refractivity contribution in [2.45, 2.75) is 6.42 Å². The summed E-state index contributed by atoms with van der Waals surface area (Å²) < 4.78 is 5.14. The third-order valence-electron chi connectivity index (χ3n) is 3.99. The highest BCUT2D eigenvalue weighted by Crippen LogP contribution is 2.19. The topological polar surface area (TPSA) is 63.2 Å². The molecule has 138 valence electrons. The van der Waals surface area contributed by atoms with Gasteiger partial charge in [0.05, 0.1) is 19.0 Å². The van der Waals surface area contributed by atoms with Crippen LogP contribution >= 0.6 is 11.6 Å². The van der Waals surface area contributed by atoms with E-state index < -0.39 is 0 Å². The van der Waals surface area contributed by atoms with Crippen LogP contribution in [0.4, 0.5) is 11.4 Å². The summed E-state index contributed by atoms with van der Waals surface area (Å²) in [7, 11) is 1.63. The largest absolute Gasteiger partial charge is 0.497 e. The third kappa shape index (κ3) is 5.46. The number of anilines is 2. The van der Waals surface area contributed by atoms with Crippen molar-refractivity contribution in [2.75, 3.05) is 19.0 Å². The van der Waals surface area contributed by atoms with E-state index >= 15 is 0 Å². The molecule has 27 heavy (non-hydrogen) atoms. The van der Waals surface area contributed by atoms with Gasteiger partial charge < -0.3 is 15.4 Å². The lowest BCUT2D eigenvalue weighted by molar-refractivity contribution is 0.0949. The van der Waals surface area contributed by atoms with Gasteiger partial charge in [0, 0.05) is 17.3 Å². The third-order valence-corrected chi connectivity index (χ3v) is 4.24. The van der Waals surface area contributed by atoms with Crippen LogP contribution in [0.2, 0.25) is 5.02 Å². The Morgan fingerprint density at radius 2 is 1.70 bits per heavy atom. The second-order valence-electron chi connectivity index (χ2n) is 5.92. The van der Waals surface area contributed by atoms with Crippen molar-refractivity contribution in [2.24, 2.45) is 0 Å². The molecule has 3 rings (SSSR count). The smallest absolute Gasteiger partial charge is 0.269 e. The zero-order valence-corrected chi connectivity index (χ0v) is 15.7. The first kappa shape index (κ1) is 18.7. The van der Waals surface area contributed by atoms with E-state index in [1.807, 2.05) is 54.6 Å². The summed E-state index contributed by atoms with van der Waals surface area (Å²) in [6.45, 7) is 0.536. The number of methoxy groups -OCH3 is 1. The Morgan fingerprint density at radius 1 is 1.00 bits per heavy atom. The normalized spacial score (nSPS) is 10.3. The van der Waals surface area contributed by atoms with Gasteiger partial charge in [-0.1, -0.05) is 23.7 Å². The molecule has 0 saturated heterocycles. The van der Waals surface area contributed by atoms with Gasteiger partial charge in [0.2, 0.25) is 0 Å². The number of rotatable bonds is 7. The minimum atomic E-state index is -0.194. The molecule has 0 aliphatic heterocycles. The zero-order chi connectivity index (χ0) is 19.1. The molecule has 1 heterocycles. The number of hydrogen-bond donors (Lipinski definition) is 2. The van der Waals surface area contributed by atoms with Crippen LogP contribution in [0.3, 0.4) is 0 Å². The molecule has 2 aromatic carbocycles. The molecule has 1 aromatic heterocycles. The number of halogens is 1. The predicted octanol–water partition coefficient (Wildman–Crippen LogP) is 4.46. The highest BCUT2D eigenvalue weighted by molar-refractivity contribution is 6.30. The summed E-state index contributed by atoms with van der Waals surface area (Å²) in [4.78, 5) is 16.4. The van der Waals surface area contributed by atoms with Crippen molar-refractivity contribution < 1.29 is 9.53 Å². The molecule has 0 unspecified atom stereocenters. The van der Waals surface area contributed by atoms with Crippen molar-refractivity contribution in [3.8, 4) is 5.75 Å². The second kappa shape index (κ2) is 9.05. The first-order valence-electron chi connectivity index (χ1n) is 8.54. The maximum atomic E-state index is 12.2. The first-order chi connectivity index (χ1) is 13.1. The number of carbonyl (C=O) groups is 1. The summed E-state index contributed by atoms with van der Waals surface area (Å²) in [6.07, 6.45) is 2.37. The highest BCUT2D eigenvalue weighted by Gasteiger charge is 2.07. The van der Waals surface area contributed by atoms with Crippen LogP contribution in [0.1, 0.15) is 16.1 Å². The number of amides is 1. The molecule has 6 heteroatoms. The molecule has 0 bridgehead atoms. The Morgan fingerprint density at radius 3 is 2.33 bits per heavy atom. The quantitative estimate of drug-likeness (QED) is 0.634. The Kier molecular flexibility index (Phi) is 6.28. The summed E-state index contributed by atoms with van der Waals surface area (Å²) in [5, 5.41) is 6.81. The SMILES string of the molecule is COc1ccc(Nc2ccc(C(=O)NCCc3ccc(Cl)cc3)nc2)cc1. The van der Waals surface area contributed by atoms with Crippen LogP contribution < -0.4 is 15.4 Å². The van der Waals surface area contributed by atoms with Crippen LogP contribution in [0.5, 0.6) is 5.75 Å². The molecule has 3 aromatic rings. The molecule has 0 fully saturated rings. The van der Waals surface area contributed by atoms with Crippen LogP contribution in [-0.2, 0) is 6.42 Å². The molecule has 0 saturated carbocycles. The zero-order valence-electron chi connectivity index (χ0n) is 14.9.